The van der Waals surface area contributed by atoms with E-state index in [1.165, 1.54) is 52.7 Å². The Morgan fingerprint density at radius 1 is 1.03 bits per heavy atom. The first-order valence-electron chi connectivity index (χ1n) is 9.37. The molecule has 0 radical (unpaired) electrons. The van der Waals surface area contributed by atoms with E-state index >= 15 is 0 Å². The van der Waals surface area contributed by atoms with Gasteiger partial charge in [0.1, 0.15) is 23.0 Å². The molecule has 0 spiro atoms. The number of carboxylic acid groups (broad SMARTS) is 1. The van der Waals surface area contributed by atoms with Crippen LogP contribution >= 0.6 is 0 Å². The van der Waals surface area contributed by atoms with Crippen molar-refractivity contribution in [3.05, 3.63) is 46.9 Å². The van der Waals surface area contributed by atoms with E-state index in [-0.39, 0.29) is 17.0 Å². The smallest absolute Gasteiger partial charge is 0.330 e. The normalized spacial score (nSPS) is 13.3. The molecule has 1 atom stereocenters. The van der Waals surface area contributed by atoms with E-state index in [4.69, 9.17) is 24.7 Å². The maximum absolute atomic E-state index is 12.7. The van der Waals surface area contributed by atoms with Gasteiger partial charge in [0, 0.05) is 23.4 Å². The van der Waals surface area contributed by atoms with E-state index in [9.17, 15) is 23.4 Å². The van der Waals surface area contributed by atoms with Gasteiger partial charge in [0.05, 0.1) is 46.0 Å². The average molecular weight is 483 g/mol. The molecule has 12 heteroatoms. The molecule has 0 fully saturated rings. The van der Waals surface area contributed by atoms with Crippen molar-refractivity contribution in [2.24, 2.45) is 5.73 Å². The zero-order chi connectivity index (χ0) is 24.8. The minimum atomic E-state index is -4.07. The van der Waals surface area contributed by atoms with Gasteiger partial charge in [0.2, 0.25) is 0 Å². The summed E-state index contributed by atoms with van der Waals surface area (Å²) in [5.74, 6) is -0.342. The van der Waals surface area contributed by atoms with E-state index in [0.29, 0.717) is 22.8 Å². The summed E-state index contributed by atoms with van der Waals surface area (Å²) in [7, 11) is 1.52. The Hall–Kier alpha value is -3.48. The zero-order valence-corrected chi connectivity index (χ0v) is 19.3. The van der Waals surface area contributed by atoms with E-state index in [0.717, 1.165) is 5.41 Å². The lowest BCUT2D eigenvalue weighted by atomic mass is 9.90. The molecule has 0 aromatic heterocycles. The van der Waals surface area contributed by atoms with Gasteiger partial charge in [-0.2, -0.15) is 0 Å². The predicted molar refractivity (Wildman–Crippen MR) is 121 cm³/mol. The lowest BCUT2D eigenvalue weighted by molar-refractivity contribution is -0.145. The first-order valence-corrected chi connectivity index (χ1v) is 10.9. The molecule has 0 amide bonds. The molecule has 0 aliphatic carbocycles. The Bertz CT molecular complexity index is 1120. The largest absolute Gasteiger partial charge is 0.496 e. The number of carbonyl (C=O) groups is 1. The molecular formula is C21H26N2O9S. The van der Waals surface area contributed by atoms with Gasteiger partial charge in [0.15, 0.2) is 5.54 Å². The number of hydrogen-bond donors (Lipinski definition) is 4. The van der Waals surface area contributed by atoms with Crippen LogP contribution in [-0.2, 0) is 20.4 Å². The van der Waals surface area contributed by atoms with Crippen LogP contribution in [0, 0.1) is 0 Å². The molecule has 0 aliphatic rings. The van der Waals surface area contributed by atoms with Gasteiger partial charge in [-0.1, -0.05) is 0 Å². The van der Waals surface area contributed by atoms with Crippen molar-refractivity contribution in [2.45, 2.75) is 5.54 Å². The number of nitrogens with one attached hydrogen (secondary N) is 1. The number of rotatable bonds is 11. The number of benzene rings is 2. The second-order valence-corrected chi connectivity index (χ2v) is 8.31. The summed E-state index contributed by atoms with van der Waals surface area (Å²) in [4.78, 5) is 11.6. The van der Waals surface area contributed by atoms with Gasteiger partial charge in [-0.3, -0.25) is 4.72 Å². The van der Waals surface area contributed by atoms with Crippen molar-refractivity contribution in [1.29, 1.82) is 0 Å². The quantitative estimate of drug-likeness (QED) is 0.367. The highest BCUT2D eigenvalue weighted by Gasteiger charge is 2.38. The second-order valence-electron chi connectivity index (χ2n) is 6.75. The van der Waals surface area contributed by atoms with Gasteiger partial charge in [-0.25, -0.2) is 13.2 Å². The van der Waals surface area contributed by atoms with Gasteiger partial charge in [-0.15, -0.1) is 0 Å². The fourth-order valence-electron chi connectivity index (χ4n) is 2.94. The summed E-state index contributed by atoms with van der Waals surface area (Å²) in [6, 6.07) is 7.02. The van der Waals surface area contributed by atoms with E-state index < -0.39 is 28.1 Å². The maximum atomic E-state index is 12.7. The molecule has 0 saturated heterocycles. The number of aliphatic carboxylic acids is 1. The third-order valence-electron chi connectivity index (χ3n) is 4.74. The van der Waals surface area contributed by atoms with E-state index in [1.54, 1.807) is 12.1 Å². The Labute approximate surface area is 191 Å². The Morgan fingerprint density at radius 3 is 2.06 bits per heavy atom. The SMILES string of the molecule is COc1cc(OC)c(/C=C/S(=O)(=O)Nc2ccc(OC)c([C@@](N)(CO)C(=O)O)c2)c(OC)c1. The van der Waals surface area contributed by atoms with Crippen LogP contribution in [0.2, 0.25) is 0 Å². The summed E-state index contributed by atoms with van der Waals surface area (Å²) in [5.41, 5.74) is 3.89. The molecule has 0 unspecified atom stereocenters. The molecule has 33 heavy (non-hydrogen) atoms. The molecular weight excluding hydrogens is 456 g/mol. The number of sulfonamides is 1. The third kappa shape index (κ3) is 5.66. The molecule has 180 valence electrons. The molecule has 2 rings (SSSR count). The van der Waals surface area contributed by atoms with Gasteiger partial charge < -0.3 is 34.9 Å². The van der Waals surface area contributed by atoms with Crippen molar-refractivity contribution in [3.63, 3.8) is 0 Å². The number of aliphatic hydroxyl groups is 1. The summed E-state index contributed by atoms with van der Waals surface area (Å²) in [6.07, 6.45) is 1.28. The fourth-order valence-corrected chi connectivity index (χ4v) is 3.78. The van der Waals surface area contributed by atoms with Crippen LogP contribution in [0.5, 0.6) is 23.0 Å². The number of anilines is 1. The molecule has 2 aromatic rings. The molecule has 11 nitrogen and oxygen atoms in total. The number of ether oxygens (including phenoxy) is 4. The molecule has 0 bridgehead atoms. The number of hydrogen-bond acceptors (Lipinski definition) is 9. The zero-order valence-electron chi connectivity index (χ0n) is 18.5. The van der Waals surface area contributed by atoms with Gasteiger partial charge >= 0.3 is 5.97 Å². The van der Waals surface area contributed by atoms with Crippen molar-refractivity contribution >= 4 is 27.8 Å². The molecule has 0 heterocycles. The molecule has 0 saturated carbocycles. The Balaban J connectivity index is 2.44. The van der Waals surface area contributed by atoms with Gasteiger partial charge in [0.25, 0.3) is 10.0 Å². The first-order chi connectivity index (χ1) is 15.5. The number of methoxy groups -OCH3 is 4. The Morgan fingerprint density at radius 2 is 1.61 bits per heavy atom. The van der Waals surface area contributed by atoms with Crippen LogP contribution in [0.25, 0.3) is 6.08 Å². The lowest BCUT2D eigenvalue weighted by Crippen LogP contribution is -2.48. The lowest BCUT2D eigenvalue weighted by Gasteiger charge is -2.25. The van der Waals surface area contributed by atoms with Crippen LogP contribution in [-0.4, -0.2) is 59.6 Å². The first kappa shape index (κ1) is 25.8. The van der Waals surface area contributed by atoms with Crippen molar-refractivity contribution in [1.82, 2.24) is 0 Å². The van der Waals surface area contributed by atoms with Crippen molar-refractivity contribution in [2.75, 3.05) is 39.8 Å². The standard InChI is InChI=1S/C21H26N2O9S/c1-29-14-10-18(31-3)15(19(11-14)32-4)7-8-33(27,28)23-13-5-6-17(30-2)16(9-13)21(22,12-24)20(25)26/h5-11,23-24H,12,22H2,1-4H3,(H,25,26)/b8-7+/t21-/m0/s1. The van der Waals surface area contributed by atoms with Crippen LogP contribution in [0.4, 0.5) is 5.69 Å². The minimum absolute atomic E-state index is 0.00800. The van der Waals surface area contributed by atoms with E-state index in [2.05, 4.69) is 4.72 Å². The third-order valence-corrected chi connectivity index (χ3v) is 5.75. The molecule has 0 aliphatic heterocycles. The van der Waals surface area contributed by atoms with Crippen LogP contribution < -0.4 is 29.4 Å². The summed E-state index contributed by atoms with van der Waals surface area (Å²) < 4.78 is 48.5. The number of nitrogens with two attached hydrogens (primary N) is 1. The van der Waals surface area contributed by atoms with Gasteiger partial charge in [-0.05, 0) is 24.3 Å². The Kier molecular flexibility index (Phi) is 8.14. The number of carboxylic acids is 1. The van der Waals surface area contributed by atoms with E-state index in [1.807, 2.05) is 0 Å². The average Bonchev–Trinajstić information content (AvgIpc) is 2.81. The number of aliphatic hydroxyl groups excluding tert-OH is 1. The second kappa shape index (κ2) is 10.4. The van der Waals surface area contributed by atoms with Crippen LogP contribution in [0.1, 0.15) is 11.1 Å². The maximum Gasteiger partial charge on any atom is 0.330 e. The summed E-state index contributed by atoms with van der Waals surface area (Å²) in [6.45, 7) is -0.939. The monoisotopic (exact) mass is 482 g/mol. The summed E-state index contributed by atoms with van der Waals surface area (Å²) >= 11 is 0. The highest BCUT2D eigenvalue weighted by atomic mass is 32.2. The van der Waals surface area contributed by atoms with Crippen LogP contribution in [0.3, 0.4) is 0 Å². The highest BCUT2D eigenvalue weighted by molar-refractivity contribution is 7.95. The topological polar surface area (TPSA) is 167 Å². The van der Waals surface area contributed by atoms with Crippen LogP contribution in [0.15, 0.2) is 35.7 Å². The van der Waals surface area contributed by atoms with Crippen molar-refractivity contribution < 1.29 is 42.4 Å². The summed E-state index contributed by atoms with van der Waals surface area (Å²) in [5, 5.41) is 19.9. The molecule has 5 N–H and O–H groups in total. The predicted octanol–water partition coefficient (Wildman–Crippen LogP) is 1.36. The van der Waals surface area contributed by atoms with Crippen molar-refractivity contribution in [3.8, 4) is 23.0 Å². The molecule has 2 aromatic carbocycles. The fraction of sp³-hybridized carbons (Fsp3) is 0.286. The highest BCUT2D eigenvalue weighted by Crippen LogP contribution is 2.35. The minimum Gasteiger partial charge on any atom is -0.496 e.